The van der Waals surface area contributed by atoms with Gasteiger partial charge in [-0.15, -0.1) is 0 Å². The molecule has 0 spiro atoms. The van der Waals surface area contributed by atoms with Crippen molar-refractivity contribution in [1.29, 1.82) is 0 Å². The maximum atomic E-state index is 11.5. The zero-order chi connectivity index (χ0) is 11.0. The summed E-state index contributed by atoms with van der Waals surface area (Å²) < 4.78 is 25.0. The molecule has 0 aromatic heterocycles. The van der Waals surface area contributed by atoms with Crippen LogP contribution in [0.5, 0.6) is 0 Å². The van der Waals surface area contributed by atoms with Crippen molar-refractivity contribution in [3.8, 4) is 0 Å². The van der Waals surface area contributed by atoms with Crippen LogP contribution in [0.2, 0.25) is 0 Å². The summed E-state index contributed by atoms with van der Waals surface area (Å²) in [4.78, 5) is 14.7. The lowest BCUT2D eigenvalue weighted by Crippen LogP contribution is -2.04. The SMILES string of the molecule is C=CC(=O)OOP(=O)(OCC)OCC. The maximum Gasteiger partial charge on any atom is 0.511 e. The predicted octanol–water partition coefficient (Wildman–Crippen LogP) is 1.83. The minimum Gasteiger partial charge on any atom is -0.285 e. The van der Waals surface area contributed by atoms with Crippen molar-refractivity contribution in [3.05, 3.63) is 12.7 Å². The summed E-state index contributed by atoms with van der Waals surface area (Å²) in [6.07, 6.45) is 0.863. The van der Waals surface area contributed by atoms with Gasteiger partial charge in [-0.3, -0.25) is 13.9 Å². The second-order valence-corrected chi connectivity index (χ2v) is 3.52. The first-order chi connectivity index (χ1) is 6.58. The number of rotatable bonds is 7. The number of carbonyl (C=O) groups is 1. The van der Waals surface area contributed by atoms with Crippen LogP contribution in [-0.4, -0.2) is 19.2 Å². The summed E-state index contributed by atoms with van der Waals surface area (Å²) in [5.74, 6) is -0.871. The summed E-state index contributed by atoms with van der Waals surface area (Å²) in [5, 5.41) is 0. The Bertz CT molecular complexity index is 228. The second-order valence-electron chi connectivity index (χ2n) is 1.96. The van der Waals surface area contributed by atoms with Gasteiger partial charge in [-0.1, -0.05) is 11.3 Å². The van der Waals surface area contributed by atoms with Crippen LogP contribution >= 0.6 is 7.82 Å². The van der Waals surface area contributed by atoms with Gasteiger partial charge in [0, 0.05) is 6.08 Å². The predicted molar refractivity (Wildman–Crippen MR) is 48.2 cm³/mol. The zero-order valence-electron chi connectivity index (χ0n) is 8.10. The van der Waals surface area contributed by atoms with E-state index in [0.29, 0.717) is 0 Å². The van der Waals surface area contributed by atoms with Crippen molar-refractivity contribution >= 4 is 13.8 Å². The van der Waals surface area contributed by atoms with E-state index in [1.807, 2.05) is 0 Å². The number of hydrogen-bond donors (Lipinski definition) is 0. The third-order valence-electron chi connectivity index (χ3n) is 0.952. The Balaban J connectivity index is 4.15. The molecule has 0 aromatic rings. The van der Waals surface area contributed by atoms with Gasteiger partial charge >= 0.3 is 13.8 Å². The van der Waals surface area contributed by atoms with Gasteiger partial charge in [-0.05, 0) is 13.8 Å². The summed E-state index contributed by atoms with van der Waals surface area (Å²) in [5.41, 5.74) is 0. The van der Waals surface area contributed by atoms with Crippen LogP contribution in [0, 0.1) is 0 Å². The first-order valence-corrected chi connectivity index (χ1v) is 5.45. The first-order valence-electron chi connectivity index (χ1n) is 3.99. The van der Waals surface area contributed by atoms with E-state index in [-0.39, 0.29) is 13.2 Å². The molecule has 0 radical (unpaired) electrons. The minimum absolute atomic E-state index is 0.114. The largest absolute Gasteiger partial charge is 0.511 e. The molecular weight excluding hydrogens is 211 g/mol. The lowest BCUT2D eigenvalue weighted by Gasteiger charge is -2.13. The first kappa shape index (κ1) is 13.3. The molecule has 0 unspecified atom stereocenters. The summed E-state index contributed by atoms with van der Waals surface area (Å²) in [7, 11) is -3.78. The molecular formula is C7H13O6P. The fourth-order valence-electron chi connectivity index (χ4n) is 0.513. The van der Waals surface area contributed by atoms with Gasteiger partial charge in [-0.25, -0.2) is 9.36 Å². The van der Waals surface area contributed by atoms with Gasteiger partial charge in [0.1, 0.15) is 0 Å². The highest BCUT2D eigenvalue weighted by atomic mass is 31.2. The molecule has 0 saturated carbocycles. The minimum atomic E-state index is -3.78. The lowest BCUT2D eigenvalue weighted by molar-refractivity contribution is -0.219. The van der Waals surface area contributed by atoms with Crippen molar-refractivity contribution in [3.63, 3.8) is 0 Å². The van der Waals surface area contributed by atoms with Crippen molar-refractivity contribution in [2.24, 2.45) is 0 Å². The Labute approximate surface area is 82.3 Å². The third kappa shape index (κ3) is 5.14. The van der Waals surface area contributed by atoms with Crippen molar-refractivity contribution in [1.82, 2.24) is 0 Å². The number of phosphoric acid groups is 1. The van der Waals surface area contributed by atoms with Crippen LogP contribution in [0.1, 0.15) is 13.8 Å². The Hall–Kier alpha value is -0.680. The van der Waals surface area contributed by atoms with Crippen LogP contribution in [0.25, 0.3) is 0 Å². The quantitative estimate of drug-likeness (QED) is 0.284. The van der Waals surface area contributed by atoms with Crippen LogP contribution in [0.4, 0.5) is 0 Å². The van der Waals surface area contributed by atoms with Gasteiger partial charge in [0.2, 0.25) is 0 Å². The molecule has 0 aromatic carbocycles. The molecule has 14 heavy (non-hydrogen) atoms. The monoisotopic (exact) mass is 224 g/mol. The smallest absolute Gasteiger partial charge is 0.285 e. The summed E-state index contributed by atoms with van der Waals surface area (Å²) in [6, 6.07) is 0. The van der Waals surface area contributed by atoms with Gasteiger partial charge in [0.25, 0.3) is 0 Å². The highest BCUT2D eigenvalue weighted by Gasteiger charge is 2.28. The van der Waals surface area contributed by atoms with Crippen LogP contribution in [0.15, 0.2) is 12.7 Å². The Morgan fingerprint density at radius 3 is 2.21 bits per heavy atom. The van der Waals surface area contributed by atoms with Crippen LogP contribution in [-0.2, 0) is 28.0 Å². The molecule has 0 aliphatic carbocycles. The molecule has 0 heterocycles. The molecule has 0 amide bonds. The Morgan fingerprint density at radius 2 is 1.86 bits per heavy atom. The van der Waals surface area contributed by atoms with E-state index in [4.69, 9.17) is 0 Å². The standard InChI is InChI=1S/C7H13O6P/c1-4-7(8)12-13-14(9,10-5-2)11-6-3/h4H,1,5-6H2,2-3H3. The third-order valence-corrected chi connectivity index (χ3v) is 2.36. The topological polar surface area (TPSA) is 71.1 Å². The van der Waals surface area contributed by atoms with E-state index in [1.165, 1.54) is 0 Å². The van der Waals surface area contributed by atoms with E-state index in [0.717, 1.165) is 6.08 Å². The Morgan fingerprint density at radius 1 is 1.36 bits per heavy atom. The highest BCUT2D eigenvalue weighted by molar-refractivity contribution is 7.48. The molecule has 0 rings (SSSR count). The van der Waals surface area contributed by atoms with E-state index in [9.17, 15) is 9.36 Å². The van der Waals surface area contributed by atoms with Crippen LogP contribution < -0.4 is 0 Å². The molecule has 6 nitrogen and oxygen atoms in total. The van der Waals surface area contributed by atoms with Crippen LogP contribution in [0.3, 0.4) is 0 Å². The summed E-state index contributed by atoms with van der Waals surface area (Å²) >= 11 is 0. The van der Waals surface area contributed by atoms with Gasteiger partial charge in [0.05, 0.1) is 13.2 Å². The molecule has 0 bridgehead atoms. The molecule has 0 atom stereocenters. The van der Waals surface area contributed by atoms with Crippen molar-refractivity contribution in [2.45, 2.75) is 13.8 Å². The normalized spacial score (nSPS) is 11.0. The summed E-state index contributed by atoms with van der Waals surface area (Å²) in [6.45, 7) is 6.56. The van der Waals surface area contributed by atoms with Gasteiger partial charge in [-0.2, -0.15) is 0 Å². The average Bonchev–Trinajstić information content (AvgIpc) is 2.15. The van der Waals surface area contributed by atoms with E-state index >= 15 is 0 Å². The molecule has 0 N–H and O–H groups in total. The molecule has 0 aliphatic rings. The van der Waals surface area contributed by atoms with E-state index in [2.05, 4.69) is 25.2 Å². The fraction of sp³-hybridized carbons (Fsp3) is 0.571. The van der Waals surface area contributed by atoms with Gasteiger partial charge < -0.3 is 0 Å². The van der Waals surface area contributed by atoms with Gasteiger partial charge in [0.15, 0.2) is 0 Å². The van der Waals surface area contributed by atoms with E-state index < -0.39 is 13.8 Å². The number of phosphoric ester groups is 1. The average molecular weight is 224 g/mol. The number of hydrogen-bond acceptors (Lipinski definition) is 6. The van der Waals surface area contributed by atoms with E-state index in [1.54, 1.807) is 13.8 Å². The van der Waals surface area contributed by atoms with Crippen molar-refractivity contribution < 1.29 is 28.0 Å². The second kappa shape index (κ2) is 6.73. The lowest BCUT2D eigenvalue weighted by atomic mass is 10.7. The fourth-order valence-corrected chi connectivity index (χ4v) is 1.47. The maximum absolute atomic E-state index is 11.5. The number of carbonyl (C=O) groups excluding carboxylic acids is 1. The molecule has 7 heteroatoms. The molecule has 0 saturated heterocycles. The van der Waals surface area contributed by atoms with Crippen molar-refractivity contribution in [2.75, 3.05) is 13.2 Å². The molecule has 82 valence electrons. The highest BCUT2D eigenvalue weighted by Crippen LogP contribution is 2.49. The Kier molecular flexibility index (Phi) is 6.40. The molecule has 0 aliphatic heterocycles. The molecule has 0 fully saturated rings. The zero-order valence-corrected chi connectivity index (χ0v) is 8.99.